The Kier molecular flexibility index (Phi) is 5.31. The second kappa shape index (κ2) is 7.42. The fraction of sp³-hybridized carbons (Fsp3) is 0.750. The maximum Gasteiger partial charge on any atom is 0.271 e. The minimum atomic E-state index is -0.196. The van der Waals surface area contributed by atoms with Crippen LogP contribution in [0.4, 0.5) is 5.13 Å². The van der Waals surface area contributed by atoms with Gasteiger partial charge in [-0.15, -0.1) is 11.3 Å². The third-order valence-corrected chi connectivity index (χ3v) is 5.48. The van der Waals surface area contributed by atoms with Gasteiger partial charge in [-0.05, 0) is 38.5 Å². The molecule has 6 heteroatoms. The molecule has 0 aromatic carbocycles. The first-order valence-corrected chi connectivity index (χ1v) is 9.29. The van der Waals surface area contributed by atoms with Crippen molar-refractivity contribution in [3.05, 3.63) is 11.1 Å². The molecular formula is C16H25N3O2S. The zero-order valence-electron chi connectivity index (χ0n) is 12.9. The molecule has 2 fully saturated rings. The van der Waals surface area contributed by atoms with E-state index in [2.05, 4.69) is 15.6 Å². The number of hydrogen-bond donors (Lipinski definition) is 3. The number of nitrogens with zero attached hydrogens (tertiary/aromatic N) is 1. The molecule has 0 atom stereocenters. The number of aromatic nitrogens is 1. The number of amides is 1. The zero-order valence-corrected chi connectivity index (χ0v) is 13.7. The quantitative estimate of drug-likeness (QED) is 0.796. The summed E-state index contributed by atoms with van der Waals surface area (Å²) in [6.45, 7) is 0. The van der Waals surface area contributed by atoms with Gasteiger partial charge in [0.2, 0.25) is 0 Å². The van der Waals surface area contributed by atoms with Gasteiger partial charge in [-0.1, -0.05) is 19.3 Å². The average molecular weight is 323 g/mol. The van der Waals surface area contributed by atoms with E-state index in [4.69, 9.17) is 0 Å². The molecule has 2 saturated carbocycles. The minimum Gasteiger partial charge on any atom is -0.393 e. The molecule has 3 rings (SSSR count). The van der Waals surface area contributed by atoms with E-state index < -0.39 is 0 Å². The van der Waals surface area contributed by atoms with Crippen LogP contribution >= 0.6 is 11.3 Å². The lowest BCUT2D eigenvalue weighted by atomic mass is 9.93. The van der Waals surface area contributed by atoms with Crippen LogP contribution in [0.1, 0.15) is 68.3 Å². The number of aliphatic hydroxyl groups excluding tert-OH is 1. The van der Waals surface area contributed by atoms with Crippen LogP contribution in [0.25, 0.3) is 0 Å². The summed E-state index contributed by atoms with van der Waals surface area (Å²) < 4.78 is 0. The highest BCUT2D eigenvalue weighted by Crippen LogP contribution is 2.24. The van der Waals surface area contributed by atoms with Crippen LogP contribution in [0.5, 0.6) is 0 Å². The van der Waals surface area contributed by atoms with Crippen molar-refractivity contribution in [1.29, 1.82) is 0 Å². The molecule has 3 N–H and O–H groups in total. The summed E-state index contributed by atoms with van der Waals surface area (Å²) in [5.41, 5.74) is 0.509. The molecule has 0 unspecified atom stereocenters. The Labute approximate surface area is 135 Å². The molecule has 1 amide bonds. The molecule has 0 saturated heterocycles. The third-order valence-electron chi connectivity index (χ3n) is 4.70. The smallest absolute Gasteiger partial charge is 0.271 e. The number of rotatable bonds is 4. The summed E-state index contributed by atoms with van der Waals surface area (Å²) in [5, 5.41) is 18.7. The normalized spacial score (nSPS) is 26.6. The van der Waals surface area contributed by atoms with E-state index in [1.807, 2.05) is 5.38 Å². The maximum absolute atomic E-state index is 12.2. The summed E-state index contributed by atoms with van der Waals surface area (Å²) in [6.07, 6.45) is 9.35. The Hall–Kier alpha value is -1.14. The number of nitrogens with one attached hydrogen (secondary N) is 2. The largest absolute Gasteiger partial charge is 0.393 e. The second-order valence-corrected chi connectivity index (χ2v) is 7.35. The molecule has 5 nitrogen and oxygen atoms in total. The predicted octanol–water partition coefficient (Wildman–Crippen LogP) is 2.92. The van der Waals surface area contributed by atoms with Gasteiger partial charge in [0, 0.05) is 17.5 Å². The molecule has 0 radical (unpaired) electrons. The topological polar surface area (TPSA) is 74.2 Å². The van der Waals surface area contributed by atoms with Crippen molar-refractivity contribution in [3.8, 4) is 0 Å². The average Bonchev–Trinajstić information content (AvgIpc) is 2.99. The van der Waals surface area contributed by atoms with Crippen LogP contribution < -0.4 is 10.6 Å². The van der Waals surface area contributed by atoms with Gasteiger partial charge < -0.3 is 15.7 Å². The van der Waals surface area contributed by atoms with Gasteiger partial charge in [-0.2, -0.15) is 0 Å². The maximum atomic E-state index is 12.2. The molecule has 1 aromatic rings. The van der Waals surface area contributed by atoms with Gasteiger partial charge in [0.05, 0.1) is 6.10 Å². The summed E-state index contributed by atoms with van der Waals surface area (Å²) in [7, 11) is 0. The fourth-order valence-corrected chi connectivity index (χ4v) is 4.11. The standard InChI is InChI=1S/C16H25N3O2S/c20-13-8-6-12(7-9-13)17-15(21)14-10-22-16(19-14)18-11-4-2-1-3-5-11/h10-13,20H,1-9H2,(H,17,21)(H,18,19). The van der Waals surface area contributed by atoms with Gasteiger partial charge in [-0.3, -0.25) is 4.79 Å². The van der Waals surface area contributed by atoms with E-state index >= 15 is 0 Å². The van der Waals surface area contributed by atoms with E-state index in [0.717, 1.165) is 30.8 Å². The summed E-state index contributed by atoms with van der Waals surface area (Å²) >= 11 is 1.51. The first-order valence-electron chi connectivity index (χ1n) is 8.41. The highest BCUT2D eigenvalue weighted by atomic mass is 32.1. The van der Waals surface area contributed by atoms with Crippen LogP contribution in [0, 0.1) is 0 Å². The van der Waals surface area contributed by atoms with Gasteiger partial charge in [0.15, 0.2) is 5.13 Å². The van der Waals surface area contributed by atoms with Gasteiger partial charge in [0.25, 0.3) is 5.91 Å². The van der Waals surface area contributed by atoms with E-state index in [9.17, 15) is 9.90 Å². The number of carbonyl (C=O) groups is 1. The fourth-order valence-electron chi connectivity index (χ4n) is 3.35. The Morgan fingerprint density at radius 2 is 1.82 bits per heavy atom. The Bertz CT molecular complexity index is 491. The zero-order chi connectivity index (χ0) is 15.4. The molecular weight excluding hydrogens is 298 g/mol. The van der Waals surface area contributed by atoms with Gasteiger partial charge in [-0.25, -0.2) is 4.98 Å². The van der Waals surface area contributed by atoms with Crippen LogP contribution in [-0.4, -0.2) is 34.2 Å². The van der Waals surface area contributed by atoms with Crippen molar-refractivity contribution in [2.75, 3.05) is 5.32 Å². The minimum absolute atomic E-state index is 0.0886. The number of anilines is 1. The Morgan fingerprint density at radius 3 is 2.55 bits per heavy atom. The van der Waals surface area contributed by atoms with Gasteiger partial charge in [0.1, 0.15) is 5.69 Å². The van der Waals surface area contributed by atoms with Crippen LogP contribution in [0.2, 0.25) is 0 Å². The van der Waals surface area contributed by atoms with E-state index in [1.54, 1.807) is 0 Å². The second-order valence-electron chi connectivity index (χ2n) is 6.50. The molecule has 0 aliphatic heterocycles. The Balaban J connectivity index is 1.50. The lowest BCUT2D eigenvalue weighted by Crippen LogP contribution is -2.38. The molecule has 0 spiro atoms. The predicted molar refractivity (Wildman–Crippen MR) is 88.3 cm³/mol. The summed E-state index contributed by atoms with van der Waals surface area (Å²) in [5.74, 6) is -0.0886. The molecule has 0 bridgehead atoms. The number of hydrogen-bond acceptors (Lipinski definition) is 5. The lowest BCUT2D eigenvalue weighted by molar-refractivity contribution is 0.0864. The summed E-state index contributed by atoms with van der Waals surface area (Å²) in [4.78, 5) is 16.7. The molecule has 122 valence electrons. The molecule has 1 aromatic heterocycles. The first-order chi connectivity index (χ1) is 10.7. The highest BCUT2D eigenvalue weighted by molar-refractivity contribution is 7.13. The highest BCUT2D eigenvalue weighted by Gasteiger charge is 2.22. The van der Waals surface area contributed by atoms with Crippen LogP contribution in [0.15, 0.2) is 5.38 Å². The Morgan fingerprint density at radius 1 is 1.09 bits per heavy atom. The van der Waals surface area contributed by atoms with Crippen molar-refractivity contribution >= 4 is 22.4 Å². The number of aliphatic hydroxyl groups is 1. The number of thiazole rings is 1. The molecule has 2 aliphatic rings. The lowest BCUT2D eigenvalue weighted by Gasteiger charge is -2.25. The van der Waals surface area contributed by atoms with E-state index in [0.29, 0.717) is 11.7 Å². The third kappa shape index (κ3) is 4.20. The van der Waals surface area contributed by atoms with Crippen molar-refractivity contribution in [2.45, 2.75) is 76.0 Å². The van der Waals surface area contributed by atoms with Crippen LogP contribution in [-0.2, 0) is 0 Å². The molecule has 1 heterocycles. The van der Waals surface area contributed by atoms with Crippen molar-refractivity contribution < 1.29 is 9.90 Å². The first kappa shape index (κ1) is 15.7. The van der Waals surface area contributed by atoms with E-state index in [1.165, 1.54) is 43.4 Å². The monoisotopic (exact) mass is 323 g/mol. The molecule has 2 aliphatic carbocycles. The molecule has 22 heavy (non-hydrogen) atoms. The van der Waals surface area contributed by atoms with Crippen molar-refractivity contribution in [3.63, 3.8) is 0 Å². The number of carbonyl (C=O) groups excluding carboxylic acids is 1. The van der Waals surface area contributed by atoms with Crippen molar-refractivity contribution in [2.24, 2.45) is 0 Å². The van der Waals surface area contributed by atoms with Gasteiger partial charge >= 0.3 is 0 Å². The summed E-state index contributed by atoms with van der Waals surface area (Å²) in [6, 6.07) is 0.683. The SMILES string of the molecule is O=C(NC1CCC(O)CC1)c1csc(NC2CCCCC2)n1. The van der Waals surface area contributed by atoms with E-state index in [-0.39, 0.29) is 18.1 Å². The van der Waals surface area contributed by atoms with Crippen LogP contribution in [0.3, 0.4) is 0 Å². The van der Waals surface area contributed by atoms with Crippen molar-refractivity contribution in [1.82, 2.24) is 10.3 Å².